The van der Waals surface area contributed by atoms with Crippen molar-refractivity contribution in [3.8, 4) is 0 Å². The summed E-state index contributed by atoms with van der Waals surface area (Å²) < 4.78 is 0. The minimum Gasteiger partial charge on any atom is -0.388 e. The van der Waals surface area contributed by atoms with Crippen molar-refractivity contribution in [2.75, 3.05) is 0 Å². The summed E-state index contributed by atoms with van der Waals surface area (Å²) in [6, 6.07) is 0. The van der Waals surface area contributed by atoms with E-state index in [1.807, 2.05) is 0 Å². The zero-order valence-electron chi connectivity index (χ0n) is 4.96. The lowest BCUT2D eigenvalue weighted by Crippen LogP contribution is -1.83. The number of H-pyrrole nitrogens is 1. The van der Waals surface area contributed by atoms with Crippen molar-refractivity contribution in [2.45, 2.75) is 13.5 Å². The third-order valence-electron chi connectivity index (χ3n) is 0.785. The van der Waals surface area contributed by atoms with Crippen molar-refractivity contribution in [2.24, 2.45) is 0 Å². The molecule has 2 N–H and O–H groups in total. The van der Waals surface area contributed by atoms with E-state index < -0.39 is 0 Å². The largest absolute Gasteiger partial charge is 0.388 e. The molecule has 0 unspecified atom stereocenters. The molecule has 1 aromatic rings. The quantitative estimate of drug-likeness (QED) is 0.592. The summed E-state index contributed by atoms with van der Waals surface area (Å²) >= 11 is 0. The van der Waals surface area contributed by atoms with E-state index in [-0.39, 0.29) is 19.0 Å². The summed E-state index contributed by atoms with van der Waals surface area (Å²) in [5.41, 5.74) is 0. The third kappa shape index (κ3) is 1.99. The lowest BCUT2D eigenvalue weighted by molar-refractivity contribution is 0.272. The van der Waals surface area contributed by atoms with Gasteiger partial charge in [-0.2, -0.15) is 5.10 Å². The minimum atomic E-state index is -0.0929. The zero-order chi connectivity index (χ0) is 5.98. The second-order valence-electron chi connectivity index (χ2n) is 1.50. The molecule has 5 heteroatoms. The first-order chi connectivity index (χ1) is 3.83. The van der Waals surface area contributed by atoms with Gasteiger partial charge in [-0.25, -0.2) is 4.98 Å². The van der Waals surface area contributed by atoms with Gasteiger partial charge in [-0.1, -0.05) is 0 Å². The highest BCUT2D eigenvalue weighted by Gasteiger charge is 1.93. The van der Waals surface area contributed by atoms with E-state index in [0.717, 1.165) is 5.82 Å². The van der Waals surface area contributed by atoms with E-state index >= 15 is 0 Å². The van der Waals surface area contributed by atoms with Gasteiger partial charge in [-0.05, 0) is 6.92 Å². The predicted molar refractivity (Wildman–Crippen MR) is 34.3 cm³/mol. The van der Waals surface area contributed by atoms with Crippen LogP contribution in [0.1, 0.15) is 11.6 Å². The smallest absolute Gasteiger partial charge is 0.175 e. The molecule has 1 heterocycles. The summed E-state index contributed by atoms with van der Waals surface area (Å²) in [5.74, 6) is 1.18. The number of nitrogens with one attached hydrogen (secondary N) is 1. The van der Waals surface area contributed by atoms with Gasteiger partial charge < -0.3 is 5.11 Å². The van der Waals surface area contributed by atoms with Crippen LogP contribution in [0.25, 0.3) is 0 Å². The molecule has 0 amide bonds. The summed E-state index contributed by atoms with van der Waals surface area (Å²) in [6.07, 6.45) is 0. The molecule has 0 aliphatic heterocycles. The number of rotatable bonds is 1. The van der Waals surface area contributed by atoms with Crippen molar-refractivity contribution < 1.29 is 5.11 Å². The van der Waals surface area contributed by atoms with Crippen molar-refractivity contribution in [1.29, 1.82) is 0 Å². The molecular weight excluding hydrogens is 142 g/mol. The molecule has 0 aliphatic rings. The van der Waals surface area contributed by atoms with Gasteiger partial charge in [0.05, 0.1) is 0 Å². The molecule has 1 rings (SSSR count). The molecule has 4 nitrogen and oxygen atoms in total. The Balaban J connectivity index is 0.000000640. The number of aliphatic hydroxyl groups is 1. The molecule has 0 spiro atoms. The maximum absolute atomic E-state index is 8.41. The van der Waals surface area contributed by atoms with Crippen LogP contribution in [0.5, 0.6) is 0 Å². The first kappa shape index (κ1) is 8.39. The van der Waals surface area contributed by atoms with Gasteiger partial charge in [0.25, 0.3) is 0 Å². The number of nitrogens with zero attached hydrogens (tertiary/aromatic N) is 2. The zero-order valence-corrected chi connectivity index (χ0v) is 5.77. The highest BCUT2D eigenvalue weighted by molar-refractivity contribution is 5.85. The topological polar surface area (TPSA) is 61.8 Å². The second-order valence-corrected chi connectivity index (χ2v) is 1.50. The Bertz CT molecular complexity index is 176. The molecule has 9 heavy (non-hydrogen) atoms. The van der Waals surface area contributed by atoms with Crippen LogP contribution in [0.2, 0.25) is 0 Å². The lowest BCUT2D eigenvalue weighted by atomic mass is 10.7. The summed E-state index contributed by atoms with van der Waals surface area (Å²) in [6.45, 7) is 1.69. The fourth-order valence-corrected chi connectivity index (χ4v) is 0.460. The standard InChI is InChI=1S/C4H7N3O.ClH/c1-3-5-4(2-8)7-6-3;/h8H,2H2,1H3,(H,5,6,7);1H. The van der Waals surface area contributed by atoms with Gasteiger partial charge in [0.1, 0.15) is 12.4 Å². The SMILES string of the molecule is Cc1nc(CO)n[nH]1.Cl. The first-order valence-corrected chi connectivity index (χ1v) is 2.31. The Morgan fingerprint density at radius 3 is 2.56 bits per heavy atom. The molecular formula is C4H8ClN3O. The van der Waals surface area contributed by atoms with Crippen LogP contribution in [0.3, 0.4) is 0 Å². The van der Waals surface area contributed by atoms with E-state index in [0.29, 0.717) is 5.82 Å². The minimum absolute atomic E-state index is 0. The monoisotopic (exact) mass is 149 g/mol. The Hall–Kier alpha value is -0.610. The maximum atomic E-state index is 8.41. The molecule has 0 atom stereocenters. The average Bonchev–Trinajstić information content (AvgIpc) is 2.14. The fourth-order valence-electron chi connectivity index (χ4n) is 0.460. The number of aryl methyl sites for hydroxylation is 1. The van der Waals surface area contributed by atoms with E-state index in [9.17, 15) is 0 Å². The first-order valence-electron chi connectivity index (χ1n) is 2.31. The van der Waals surface area contributed by atoms with Crippen LogP contribution in [-0.2, 0) is 6.61 Å². The molecule has 0 bridgehead atoms. The number of hydrogen-bond donors (Lipinski definition) is 2. The normalized spacial score (nSPS) is 8.67. The van der Waals surface area contributed by atoms with Crippen molar-refractivity contribution in [1.82, 2.24) is 15.2 Å². The molecule has 0 aliphatic carbocycles. The average molecular weight is 150 g/mol. The van der Waals surface area contributed by atoms with Crippen LogP contribution in [-0.4, -0.2) is 20.3 Å². The molecule has 0 saturated carbocycles. The number of aromatic amines is 1. The van der Waals surface area contributed by atoms with Gasteiger partial charge in [0, 0.05) is 0 Å². The van der Waals surface area contributed by atoms with Gasteiger partial charge in [-0.3, -0.25) is 5.10 Å². The maximum Gasteiger partial charge on any atom is 0.175 e. The predicted octanol–water partition coefficient (Wildman–Crippen LogP) is 0.0272. The van der Waals surface area contributed by atoms with Crippen LogP contribution in [0.4, 0.5) is 0 Å². The van der Waals surface area contributed by atoms with Crippen molar-refractivity contribution >= 4 is 12.4 Å². The summed E-state index contributed by atoms with van der Waals surface area (Å²) in [5, 5.41) is 14.7. The lowest BCUT2D eigenvalue weighted by Gasteiger charge is -1.76. The molecule has 0 radical (unpaired) electrons. The van der Waals surface area contributed by atoms with Crippen LogP contribution in [0.15, 0.2) is 0 Å². The number of halogens is 1. The number of hydrogen-bond acceptors (Lipinski definition) is 3. The van der Waals surface area contributed by atoms with Gasteiger partial charge >= 0.3 is 0 Å². The van der Waals surface area contributed by atoms with Gasteiger partial charge in [0.2, 0.25) is 0 Å². The van der Waals surface area contributed by atoms with E-state index in [1.54, 1.807) is 6.92 Å². The molecule has 0 saturated heterocycles. The molecule has 52 valence electrons. The highest BCUT2D eigenvalue weighted by atomic mass is 35.5. The van der Waals surface area contributed by atoms with E-state index in [1.165, 1.54) is 0 Å². The highest BCUT2D eigenvalue weighted by Crippen LogP contribution is 1.87. The number of aliphatic hydroxyl groups excluding tert-OH is 1. The van der Waals surface area contributed by atoms with E-state index in [4.69, 9.17) is 5.11 Å². The molecule has 1 aromatic heterocycles. The van der Waals surface area contributed by atoms with Crippen molar-refractivity contribution in [3.63, 3.8) is 0 Å². The summed E-state index contributed by atoms with van der Waals surface area (Å²) in [7, 11) is 0. The molecule has 0 aromatic carbocycles. The van der Waals surface area contributed by atoms with Gasteiger partial charge in [-0.15, -0.1) is 12.4 Å². The Labute approximate surface area is 58.7 Å². The Kier molecular flexibility index (Phi) is 3.19. The van der Waals surface area contributed by atoms with Gasteiger partial charge in [0.15, 0.2) is 5.82 Å². The van der Waals surface area contributed by atoms with Crippen LogP contribution < -0.4 is 0 Å². The Morgan fingerprint density at radius 2 is 2.33 bits per heavy atom. The van der Waals surface area contributed by atoms with Crippen molar-refractivity contribution in [3.05, 3.63) is 11.6 Å². The second kappa shape index (κ2) is 3.42. The number of aromatic nitrogens is 3. The van der Waals surface area contributed by atoms with Crippen LogP contribution >= 0.6 is 12.4 Å². The van der Waals surface area contributed by atoms with Crippen LogP contribution in [0, 0.1) is 6.92 Å². The fraction of sp³-hybridized carbons (Fsp3) is 0.500. The third-order valence-corrected chi connectivity index (χ3v) is 0.785. The molecule has 0 fully saturated rings. The Morgan fingerprint density at radius 1 is 1.67 bits per heavy atom. The summed E-state index contributed by atoms with van der Waals surface area (Å²) in [4.78, 5) is 3.81. The van der Waals surface area contributed by atoms with E-state index in [2.05, 4.69) is 15.2 Å².